The molecule has 1 aromatic carbocycles. The van der Waals surface area contributed by atoms with E-state index in [1.165, 1.54) is 0 Å². The number of benzene rings is 1. The van der Waals surface area contributed by atoms with Gasteiger partial charge in [-0.2, -0.15) is 0 Å². The summed E-state index contributed by atoms with van der Waals surface area (Å²) in [6.07, 6.45) is 3.29. The van der Waals surface area contributed by atoms with E-state index in [4.69, 9.17) is 5.73 Å². The molecule has 18 heavy (non-hydrogen) atoms. The summed E-state index contributed by atoms with van der Waals surface area (Å²) >= 11 is 0. The van der Waals surface area contributed by atoms with Crippen LogP contribution in [0, 0.1) is 11.6 Å². The Hall–Kier alpha value is -1.21. The van der Waals surface area contributed by atoms with Crippen LogP contribution in [0.4, 0.5) is 14.5 Å². The Morgan fingerprint density at radius 1 is 1.22 bits per heavy atom. The Kier molecular flexibility index (Phi) is 3.54. The normalized spacial score (nSPS) is 17.2. The molecule has 100 valence electrons. The molecule has 0 heterocycles. The number of halogens is 2. The summed E-state index contributed by atoms with van der Waals surface area (Å²) in [5, 5.41) is 0. The van der Waals surface area contributed by atoms with Gasteiger partial charge >= 0.3 is 0 Å². The average molecular weight is 276 g/mol. The third-order valence-electron chi connectivity index (χ3n) is 2.98. The topological polar surface area (TPSA) is 72.2 Å². The van der Waals surface area contributed by atoms with E-state index < -0.39 is 26.6 Å². The number of hydrogen-bond acceptors (Lipinski definition) is 3. The molecule has 7 heteroatoms. The van der Waals surface area contributed by atoms with Crippen LogP contribution in [-0.2, 0) is 10.0 Å². The number of nitrogens with one attached hydrogen (secondary N) is 1. The molecular formula is C11H14F2N2O2S. The number of nitrogens with two attached hydrogens (primary N) is 1. The van der Waals surface area contributed by atoms with E-state index in [1.807, 2.05) is 0 Å². The van der Waals surface area contributed by atoms with E-state index in [-0.39, 0.29) is 11.7 Å². The zero-order valence-corrected chi connectivity index (χ0v) is 10.4. The number of anilines is 1. The number of hydrogen-bond donors (Lipinski definition) is 2. The highest BCUT2D eigenvalue weighted by atomic mass is 32.2. The summed E-state index contributed by atoms with van der Waals surface area (Å²) in [4.78, 5) is -0.730. The van der Waals surface area contributed by atoms with Gasteiger partial charge in [-0.1, -0.05) is 12.8 Å². The lowest BCUT2D eigenvalue weighted by molar-refractivity contribution is 0.481. The molecule has 0 aromatic heterocycles. The molecule has 1 fully saturated rings. The number of nitrogen functional groups attached to an aromatic ring is 1. The largest absolute Gasteiger partial charge is 0.399 e. The van der Waals surface area contributed by atoms with Gasteiger partial charge in [0.05, 0.1) is 0 Å². The van der Waals surface area contributed by atoms with Gasteiger partial charge in [0.25, 0.3) is 0 Å². The van der Waals surface area contributed by atoms with Crippen molar-refractivity contribution in [3.8, 4) is 0 Å². The molecule has 1 aliphatic carbocycles. The molecule has 1 saturated carbocycles. The molecule has 1 aromatic rings. The molecule has 0 atom stereocenters. The van der Waals surface area contributed by atoms with Crippen LogP contribution in [0.1, 0.15) is 25.7 Å². The van der Waals surface area contributed by atoms with Gasteiger partial charge < -0.3 is 5.73 Å². The minimum Gasteiger partial charge on any atom is -0.399 e. The van der Waals surface area contributed by atoms with Crippen LogP contribution in [0.3, 0.4) is 0 Å². The lowest BCUT2D eigenvalue weighted by Gasteiger charge is -2.13. The molecule has 2 rings (SSSR count). The SMILES string of the molecule is Nc1cc(F)c(F)c(S(=O)(=O)NC2CCCC2)c1. The summed E-state index contributed by atoms with van der Waals surface area (Å²) in [6.45, 7) is 0. The maximum atomic E-state index is 13.5. The molecule has 0 aliphatic heterocycles. The van der Waals surface area contributed by atoms with E-state index in [0.29, 0.717) is 12.8 Å². The second-order valence-corrected chi connectivity index (χ2v) is 6.10. The van der Waals surface area contributed by atoms with Gasteiger partial charge in [0.2, 0.25) is 10.0 Å². The maximum Gasteiger partial charge on any atom is 0.243 e. The second-order valence-electron chi connectivity index (χ2n) is 4.42. The van der Waals surface area contributed by atoms with Crippen LogP contribution in [0.25, 0.3) is 0 Å². The zero-order valence-electron chi connectivity index (χ0n) is 9.62. The highest BCUT2D eigenvalue weighted by Gasteiger charge is 2.27. The monoisotopic (exact) mass is 276 g/mol. The summed E-state index contributed by atoms with van der Waals surface area (Å²) in [6, 6.07) is 1.47. The van der Waals surface area contributed by atoms with E-state index in [9.17, 15) is 17.2 Å². The van der Waals surface area contributed by atoms with Crippen molar-refractivity contribution in [3.05, 3.63) is 23.8 Å². The molecule has 0 spiro atoms. The maximum absolute atomic E-state index is 13.5. The molecule has 1 aliphatic rings. The first kappa shape index (κ1) is 13.2. The number of rotatable bonds is 3. The first-order chi connectivity index (χ1) is 8.40. The smallest absolute Gasteiger partial charge is 0.243 e. The third kappa shape index (κ3) is 2.62. The van der Waals surface area contributed by atoms with Gasteiger partial charge in [-0.05, 0) is 25.0 Å². The van der Waals surface area contributed by atoms with Crippen LogP contribution < -0.4 is 10.5 Å². The first-order valence-electron chi connectivity index (χ1n) is 5.67. The predicted octanol–water partition coefficient (Wildman–Crippen LogP) is 1.77. The third-order valence-corrected chi connectivity index (χ3v) is 4.50. The standard InChI is InChI=1S/C11H14F2N2O2S/c12-9-5-7(14)6-10(11(9)13)18(16,17)15-8-3-1-2-4-8/h5-6,8,15H,1-4,14H2. The van der Waals surface area contributed by atoms with Gasteiger partial charge in [0, 0.05) is 11.7 Å². The fourth-order valence-corrected chi connectivity index (χ4v) is 3.53. The molecule has 3 N–H and O–H groups in total. The van der Waals surface area contributed by atoms with Gasteiger partial charge in [-0.3, -0.25) is 0 Å². The van der Waals surface area contributed by atoms with E-state index >= 15 is 0 Å². The van der Waals surface area contributed by atoms with Gasteiger partial charge in [-0.25, -0.2) is 21.9 Å². The minimum atomic E-state index is -4.06. The van der Waals surface area contributed by atoms with Gasteiger partial charge in [0.15, 0.2) is 11.6 Å². The number of sulfonamides is 1. The summed E-state index contributed by atoms with van der Waals surface area (Å²) < 4.78 is 52.9. The molecular weight excluding hydrogens is 262 g/mol. The Labute approximate surface area is 104 Å². The van der Waals surface area contributed by atoms with Crippen molar-refractivity contribution in [2.45, 2.75) is 36.6 Å². The summed E-state index contributed by atoms with van der Waals surface area (Å²) in [7, 11) is -4.06. The van der Waals surface area contributed by atoms with E-state index in [2.05, 4.69) is 4.72 Å². The lowest BCUT2D eigenvalue weighted by atomic mass is 10.3. The highest BCUT2D eigenvalue weighted by molar-refractivity contribution is 7.89. The lowest BCUT2D eigenvalue weighted by Crippen LogP contribution is -2.33. The van der Waals surface area contributed by atoms with Crippen molar-refractivity contribution < 1.29 is 17.2 Å². The first-order valence-corrected chi connectivity index (χ1v) is 7.15. The molecule has 0 saturated heterocycles. The van der Waals surface area contributed by atoms with Crippen LogP contribution in [-0.4, -0.2) is 14.5 Å². The fraction of sp³-hybridized carbons (Fsp3) is 0.455. The van der Waals surface area contributed by atoms with Crippen molar-refractivity contribution in [2.24, 2.45) is 0 Å². The quantitative estimate of drug-likeness (QED) is 0.826. The predicted molar refractivity (Wildman–Crippen MR) is 63.3 cm³/mol. The van der Waals surface area contributed by atoms with Crippen molar-refractivity contribution in [1.29, 1.82) is 0 Å². The van der Waals surface area contributed by atoms with Crippen LogP contribution in [0.15, 0.2) is 17.0 Å². The van der Waals surface area contributed by atoms with Crippen molar-refractivity contribution in [2.75, 3.05) is 5.73 Å². The van der Waals surface area contributed by atoms with Gasteiger partial charge in [0.1, 0.15) is 4.90 Å². The highest BCUT2D eigenvalue weighted by Crippen LogP contribution is 2.24. The van der Waals surface area contributed by atoms with Gasteiger partial charge in [-0.15, -0.1) is 0 Å². The van der Waals surface area contributed by atoms with E-state index in [0.717, 1.165) is 25.0 Å². The fourth-order valence-electron chi connectivity index (χ4n) is 2.11. The summed E-state index contributed by atoms with van der Waals surface area (Å²) in [5.74, 6) is -2.66. The van der Waals surface area contributed by atoms with Crippen molar-refractivity contribution in [1.82, 2.24) is 4.72 Å². The average Bonchev–Trinajstić information content (AvgIpc) is 2.75. The van der Waals surface area contributed by atoms with Crippen LogP contribution >= 0.6 is 0 Å². The molecule has 0 unspecified atom stereocenters. The van der Waals surface area contributed by atoms with Crippen LogP contribution in [0.5, 0.6) is 0 Å². The second kappa shape index (κ2) is 4.81. The Bertz CT molecular complexity index is 554. The Morgan fingerprint density at radius 3 is 2.44 bits per heavy atom. The Morgan fingerprint density at radius 2 is 1.83 bits per heavy atom. The molecule has 4 nitrogen and oxygen atoms in total. The van der Waals surface area contributed by atoms with Crippen LogP contribution in [0.2, 0.25) is 0 Å². The Balaban J connectivity index is 2.34. The molecule has 0 radical (unpaired) electrons. The zero-order chi connectivity index (χ0) is 13.3. The minimum absolute atomic E-state index is 0.124. The van der Waals surface area contributed by atoms with Crippen molar-refractivity contribution >= 4 is 15.7 Å². The van der Waals surface area contributed by atoms with Crippen molar-refractivity contribution in [3.63, 3.8) is 0 Å². The van der Waals surface area contributed by atoms with E-state index in [1.54, 1.807) is 0 Å². The summed E-state index contributed by atoms with van der Waals surface area (Å²) in [5.41, 5.74) is 5.21. The molecule has 0 amide bonds. The molecule has 0 bridgehead atoms.